The van der Waals surface area contributed by atoms with Crippen molar-refractivity contribution in [3.8, 4) is 0 Å². The molecule has 1 fully saturated rings. The van der Waals surface area contributed by atoms with E-state index in [1.165, 1.54) is 30.4 Å². The Morgan fingerprint density at radius 1 is 1.05 bits per heavy atom. The average Bonchev–Trinajstić information content (AvgIpc) is 3.07. The lowest BCUT2D eigenvalue weighted by atomic mass is 9.81. The summed E-state index contributed by atoms with van der Waals surface area (Å²) in [5.41, 5.74) is 3.34. The van der Waals surface area contributed by atoms with E-state index in [-0.39, 0.29) is 5.54 Å². The smallest absolute Gasteiger partial charge is 0.0353 e. The van der Waals surface area contributed by atoms with Crippen molar-refractivity contribution in [2.75, 3.05) is 0 Å². The number of aryl methyl sites for hydroxylation is 1. The van der Waals surface area contributed by atoms with Crippen molar-refractivity contribution in [2.45, 2.75) is 72.4 Å². The van der Waals surface area contributed by atoms with Gasteiger partial charge in [-0.05, 0) is 56.9 Å². The summed E-state index contributed by atoms with van der Waals surface area (Å²) in [6.07, 6.45) is 3.93. The lowest BCUT2D eigenvalue weighted by Crippen LogP contribution is -2.45. The zero-order valence-electron chi connectivity index (χ0n) is 14.1. The Bertz CT molecular complexity index is 432. The van der Waals surface area contributed by atoms with Crippen molar-refractivity contribution < 1.29 is 0 Å². The molecule has 1 aliphatic carbocycles. The largest absolute Gasteiger partial charge is 0.305 e. The van der Waals surface area contributed by atoms with Gasteiger partial charge < -0.3 is 5.32 Å². The molecule has 0 aliphatic heterocycles. The molecule has 1 unspecified atom stereocenters. The minimum atomic E-state index is 0.177. The van der Waals surface area contributed by atoms with Crippen LogP contribution in [0.15, 0.2) is 24.3 Å². The van der Waals surface area contributed by atoms with Gasteiger partial charge in [0.1, 0.15) is 0 Å². The summed E-state index contributed by atoms with van der Waals surface area (Å²) < 4.78 is 0. The monoisotopic (exact) mass is 273 g/mol. The lowest BCUT2D eigenvalue weighted by molar-refractivity contribution is 0.215. The minimum Gasteiger partial charge on any atom is -0.305 e. The standard InChI is InChI=1S/C19H31N/c1-14-7-9-15(10-8-14)17(16-11-12-16)20-19(5,6)13-18(2,3)4/h7-10,16-17,20H,11-13H2,1-6H3. The summed E-state index contributed by atoms with van der Waals surface area (Å²) >= 11 is 0. The maximum atomic E-state index is 3.95. The molecule has 1 aromatic carbocycles. The molecule has 1 nitrogen and oxygen atoms in total. The molecule has 0 aromatic heterocycles. The highest BCUT2D eigenvalue weighted by molar-refractivity contribution is 5.26. The summed E-state index contributed by atoms with van der Waals surface area (Å²) in [7, 11) is 0. The van der Waals surface area contributed by atoms with Gasteiger partial charge in [0.2, 0.25) is 0 Å². The second kappa shape index (κ2) is 5.52. The van der Waals surface area contributed by atoms with Crippen LogP contribution in [0.5, 0.6) is 0 Å². The van der Waals surface area contributed by atoms with E-state index < -0.39 is 0 Å². The van der Waals surface area contributed by atoms with Crippen molar-refractivity contribution >= 4 is 0 Å². The predicted molar refractivity (Wildman–Crippen MR) is 87.9 cm³/mol. The average molecular weight is 273 g/mol. The van der Waals surface area contributed by atoms with Crippen molar-refractivity contribution in [3.63, 3.8) is 0 Å². The Morgan fingerprint density at radius 3 is 2.05 bits per heavy atom. The molecule has 0 saturated heterocycles. The molecule has 112 valence electrons. The topological polar surface area (TPSA) is 12.0 Å². The number of benzene rings is 1. The van der Waals surface area contributed by atoms with Gasteiger partial charge in [-0.25, -0.2) is 0 Å². The first-order valence-electron chi connectivity index (χ1n) is 8.01. The van der Waals surface area contributed by atoms with Crippen LogP contribution in [0.25, 0.3) is 0 Å². The predicted octanol–water partition coefficient (Wildman–Crippen LogP) is 5.25. The third-order valence-electron chi connectivity index (χ3n) is 4.05. The molecule has 1 N–H and O–H groups in total. The van der Waals surface area contributed by atoms with Crippen LogP contribution in [0.3, 0.4) is 0 Å². The molecule has 0 amide bonds. The van der Waals surface area contributed by atoms with Gasteiger partial charge in [-0.15, -0.1) is 0 Å². The van der Waals surface area contributed by atoms with Gasteiger partial charge in [0.05, 0.1) is 0 Å². The van der Waals surface area contributed by atoms with Crippen LogP contribution < -0.4 is 5.32 Å². The Labute approximate surface area is 125 Å². The molecular weight excluding hydrogens is 242 g/mol. The van der Waals surface area contributed by atoms with Crippen molar-refractivity contribution in [1.82, 2.24) is 5.32 Å². The van der Waals surface area contributed by atoms with Gasteiger partial charge >= 0.3 is 0 Å². The molecule has 0 radical (unpaired) electrons. The Balaban J connectivity index is 2.12. The van der Waals surface area contributed by atoms with E-state index in [0.717, 1.165) is 5.92 Å². The maximum absolute atomic E-state index is 3.95. The second-order valence-corrected chi connectivity index (χ2v) is 8.49. The fourth-order valence-corrected chi connectivity index (χ4v) is 3.47. The minimum absolute atomic E-state index is 0.177. The molecule has 2 rings (SSSR count). The highest BCUT2D eigenvalue weighted by Crippen LogP contribution is 2.43. The van der Waals surface area contributed by atoms with Gasteiger partial charge in [0, 0.05) is 11.6 Å². The van der Waals surface area contributed by atoms with Gasteiger partial charge in [-0.1, -0.05) is 50.6 Å². The van der Waals surface area contributed by atoms with Crippen LogP contribution in [0, 0.1) is 18.3 Å². The number of nitrogens with one attached hydrogen (secondary N) is 1. The van der Waals surface area contributed by atoms with Crippen molar-refractivity contribution in [1.29, 1.82) is 0 Å². The third kappa shape index (κ3) is 4.63. The molecule has 1 atom stereocenters. The molecule has 1 heteroatoms. The number of hydrogen-bond acceptors (Lipinski definition) is 1. The van der Waals surface area contributed by atoms with Crippen molar-refractivity contribution in [2.24, 2.45) is 11.3 Å². The highest BCUT2D eigenvalue weighted by atomic mass is 15.0. The highest BCUT2D eigenvalue weighted by Gasteiger charge is 2.36. The molecule has 0 heterocycles. The zero-order valence-corrected chi connectivity index (χ0v) is 14.1. The molecule has 0 spiro atoms. The summed E-state index contributed by atoms with van der Waals surface area (Å²) in [4.78, 5) is 0. The fourth-order valence-electron chi connectivity index (χ4n) is 3.47. The van der Waals surface area contributed by atoms with Crippen LogP contribution >= 0.6 is 0 Å². The lowest BCUT2D eigenvalue weighted by Gasteiger charge is -2.37. The normalized spacial score (nSPS) is 18.1. The maximum Gasteiger partial charge on any atom is 0.0353 e. The Morgan fingerprint density at radius 2 is 1.60 bits per heavy atom. The quantitative estimate of drug-likeness (QED) is 0.772. The van der Waals surface area contributed by atoms with Crippen LogP contribution in [-0.4, -0.2) is 5.54 Å². The number of rotatable bonds is 5. The first-order valence-corrected chi connectivity index (χ1v) is 8.01. The van der Waals surface area contributed by atoms with Crippen LogP contribution in [0.4, 0.5) is 0 Å². The van der Waals surface area contributed by atoms with E-state index in [0.29, 0.717) is 11.5 Å². The van der Waals surface area contributed by atoms with Gasteiger partial charge in [0.25, 0.3) is 0 Å². The van der Waals surface area contributed by atoms with Crippen LogP contribution in [0.1, 0.15) is 71.0 Å². The van der Waals surface area contributed by atoms with E-state index in [1.54, 1.807) is 0 Å². The zero-order chi connectivity index (χ0) is 15.0. The molecule has 0 bridgehead atoms. The van der Waals surface area contributed by atoms with Gasteiger partial charge in [-0.2, -0.15) is 0 Å². The third-order valence-corrected chi connectivity index (χ3v) is 4.05. The van der Waals surface area contributed by atoms with Crippen LogP contribution in [-0.2, 0) is 0 Å². The van der Waals surface area contributed by atoms with E-state index >= 15 is 0 Å². The SMILES string of the molecule is Cc1ccc(C(NC(C)(C)CC(C)(C)C)C2CC2)cc1. The molecule has 20 heavy (non-hydrogen) atoms. The summed E-state index contributed by atoms with van der Waals surface area (Å²) in [5, 5.41) is 3.95. The Hall–Kier alpha value is -0.820. The van der Waals surface area contributed by atoms with Gasteiger partial charge in [0.15, 0.2) is 0 Å². The molecule has 1 saturated carbocycles. The van der Waals surface area contributed by atoms with E-state index in [1.807, 2.05) is 0 Å². The van der Waals surface area contributed by atoms with E-state index in [2.05, 4.69) is 71.1 Å². The van der Waals surface area contributed by atoms with E-state index in [4.69, 9.17) is 0 Å². The first-order chi connectivity index (χ1) is 9.16. The van der Waals surface area contributed by atoms with Gasteiger partial charge in [-0.3, -0.25) is 0 Å². The molecular formula is C19H31N. The van der Waals surface area contributed by atoms with Crippen LogP contribution in [0.2, 0.25) is 0 Å². The second-order valence-electron chi connectivity index (χ2n) is 8.49. The summed E-state index contributed by atoms with van der Waals surface area (Å²) in [6, 6.07) is 9.61. The number of hydrogen-bond donors (Lipinski definition) is 1. The fraction of sp³-hybridized carbons (Fsp3) is 0.684. The molecule has 1 aromatic rings. The molecule has 1 aliphatic rings. The van der Waals surface area contributed by atoms with E-state index in [9.17, 15) is 0 Å². The summed E-state index contributed by atoms with van der Waals surface area (Å²) in [6.45, 7) is 13.8. The Kier molecular flexibility index (Phi) is 4.30. The van der Waals surface area contributed by atoms with Crippen molar-refractivity contribution in [3.05, 3.63) is 35.4 Å². The summed E-state index contributed by atoms with van der Waals surface area (Å²) in [5.74, 6) is 0.831. The first kappa shape index (κ1) is 15.6.